The van der Waals surface area contributed by atoms with Crippen LogP contribution in [0.5, 0.6) is 0 Å². The Balaban J connectivity index is 3.09. The van der Waals surface area contributed by atoms with Gasteiger partial charge in [-0.15, -0.1) is 11.3 Å². The van der Waals surface area contributed by atoms with Crippen molar-refractivity contribution in [3.63, 3.8) is 0 Å². The third kappa shape index (κ3) is 1.92. The van der Waals surface area contributed by atoms with Crippen molar-refractivity contribution >= 4 is 34.5 Å². The van der Waals surface area contributed by atoms with Gasteiger partial charge in [-0.2, -0.15) is 0 Å². The third-order valence-electron chi connectivity index (χ3n) is 1.60. The van der Waals surface area contributed by atoms with Crippen molar-refractivity contribution in [3.8, 4) is 0 Å². The maximum atomic E-state index is 8.96. The number of nitrogens with two attached hydrogens (primary N) is 1. The first-order valence-corrected chi connectivity index (χ1v) is 4.89. The molecule has 2 nitrogen and oxygen atoms in total. The molecule has 0 aromatic carbocycles. The van der Waals surface area contributed by atoms with Gasteiger partial charge in [-0.05, 0) is 13.0 Å². The van der Waals surface area contributed by atoms with Crippen molar-refractivity contribution in [1.82, 2.24) is 0 Å². The summed E-state index contributed by atoms with van der Waals surface area (Å²) in [6.45, 7) is 1.55. The molecule has 1 aromatic rings. The van der Waals surface area contributed by atoms with Crippen LogP contribution in [0.25, 0.3) is 0 Å². The summed E-state index contributed by atoms with van der Waals surface area (Å²) in [7, 11) is 0. The van der Waals surface area contributed by atoms with Crippen LogP contribution in [-0.4, -0.2) is 11.7 Å². The summed E-state index contributed by atoms with van der Waals surface area (Å²) in [4.78, 5) is 0. The third-order valence-corrected chi connectivity index (χ3v) is 3.09. The molecule has 0 fully saturated rings. The Kier molecular flexibility index (Phi) is 3.01. The number of rotatable bonds is 2. The molecular formula is C7H9Cl2NOS. The highest BCUT2D eigenvalue weighted by Gasteiger charge is 2.24. The van der Waals surface area contributed by atoms with Gasteiger partial charge in [0.2, 0.25) is 0 Å². The lowest BCUT2D eigenvalue weighted by Gasteiger charge is -2.20. The second-order valence-electron chi connectivity index (χ2n) is 2.81. The van der Waals surface area contributed by atoms with Crippen molar-refractivity contribution < 1.29 is 5.11 Å². The van der Waals surface area contributed by atoms with Gasteiger partial charge in [0.05, 0.1) is 20.8 Å². The van der Waals surface area contributed by atoms with Crippen molar-refractivity contribution in [2.75, 3.05) is 6.61 Å². The quantitative estimate of drug-likeness (QED) is 0.812. The molecule has 0 saturated heterocycles. The first-order chi connectivity index (χ1) is 5.47. The molecule has 1 heterocycles. The Morgan fingerprint density at radius 1 is 1.67 bits per heavy atom. The van der Waals surface area contributed by atoms with E-state index < -0.39 is 5.54 Å². The van der Waals surface area contributed by atoms with Crippen molar-refractivity contribution in [2.24, 2.45) is 5.73 Å². The highest BCUT2D eigenvalue weighted by Crippen LogP contribution is 2.36. The lowest BCUT2D eigenvalue weighted by Crippen LogP contribution is -2.36. The van der Waals surface area contributed by atoms with E-state index in [1.807, 2.05) is 0 Å². The van der Waals surface area contributed by atoms with E-state index in [2.05, 4.69) is 0 Å². The standard InChI is InChI=1S/C7H9Cl2NOS/c1-7(10,3-11)4-2-5(8)12-6(4)9/h2,11H,3,10H2,1H3. The lowest BCUT2D eigenvalue weighted by molar-refractivity contribution is 0.210. The van der Waals surface area contributed by atoms with Gasteiger partial charge in [0.25, 0.3) is 0 Å². The number of aliphatic hydroxyl groups is 1. The van der Waals surface area contributed by atoms with Gasteiger partial charge in [0.15, 0.2) is 0 Å². The molecule has 3 N–H and O–H groups in total. The highest BCUT2D eigenvalue weighted by atomic mass is 35.5. The van der Waals surface area contributed by atoms with E-state index >= 15 is 0 Å². The van der Waals surface area contributed by atoms with Crippen molar-refractivity contribution in [2.45, 2.75) is 12.5 Å². The van der Waals surface area contributed by atoms with E-state index in [0.29, 0.717) is 14.2 Å². The Morgan fingerprint density at radius 2 is 2.25 bits per heavy atom. The van der Waals surface area contributed by atoms with Crippen LogP contribution in [0.4, 0.5) is 0 Å². The minimum atomic E-state index is -0.805. The molecule has 0 amide bonds. The summed E-state index contributed by atoms with van der Waals surface area (Å²) in [5.41, 5.74) is 5.66. The zero-order valence-corrected chi connectivity index (χ0v) is 8.80. The molecule has 0 aliphatic carbocycles. The molecule has 0 spiro atoms. The fraction of sp³-hybridized carbons (Fsp3) is 0.429. The Bertz CT molecular complexity index is 285. The van der Waals surface area contributed by atoms with E-state index in [-0.39, 0.29) is 6.61 Å². The summed E-state index contributed by atoms with van der Waals surface area (Å²) in [6, 6.07) is 1.69. The lowest BCUT2D eigenvalue weighted by atomic mass is 9.98. The molecule has 0 aliphatic heterocycles. The Labute approximate surface area is 84.9 Å². The number of halogens is 2. The van der Waals surface area contributed by atoms with Crippen LogP contribution >= 0.6 is 34.5 Å². The van der Waals surface area contributed by atoms with Crippen molar-refractivity contribution in [1.29, 1.82) is 0 Å². The first kappa shape index (κ1) is 10.3. The van der Waals surface area contributed by atoms with Crippen LogP contribution in [0.1, 0.15) is 12.5 Å². The fourth-order valence-electron chi connectivity index (χ4n) is 0.815. The van der Waals surface area contributed by atoms with Gasteiger partial charge >= 0.3 is 0 Å². The van der Waals surface area contributed by atoms with Gasteiger partial charge in [0.1, 0.15) is 0 Å². The molecule has 1 unspecified atom stereocenters. The maximum Gasteiger partial charge on any atom is 0.0995 e. The second kappa shape index (κ2) is 3.52. The molecule has 5 heteroatoms. The minimum absolute atomic E-state index is 0.153. The fourth-order valence-corrected chi connectivity index (χ4v) is 2.54. The van der Waals surface area contributed by atoms with Gasteiger partial charge in [-0.3, -0.25) is 0 Å². The van der Waals surface area contributed by atoms with Gasteiger partial charge in [-0.1, -0.05) is 23.2 Å². The molecule has 0 saturated carbocycles. The average molecular weight is 226 g/mol. The van der Waals surface area contributed by atoms with Gasteiger partial charge in [-0.25, -0.2) is 0 Å². The number of hydrogen-bond acceptors (Lipinski definition) is 3. The summed E-state index contributed by atoms with van der Waals surface area (Å²) in [5.74, 6) is 0. The summed E-state index contributed by atoms with van der Waals surface area (Å²) < 4.78 is 1.12. The zero-order chi connectivity index (χ0) is 9.35. The molecule has 68 valence electrons. The number of aliphatic hydroxyl groups excluding tert-OH is 1. The predicted molar refractivity (Wildman–Crippen MR) is 53.0 cm³/mol. The predicted octanol–water partition coefficient (Wildman–Crippen LogP) is 2.22. The zero-order valence-electron chi connectivity index (χ0n) is 6.47. The monoisotopic (exact) mass is 225 g/mol. The molecule has 0 aliphatic rings. The van der Waals surface area contributed by atoms with Crippen LogP contribution in [0.3, 0.4) is 0 Å². The molecule has 1 aromatic heterocycles. The van der Waals surface area contributed by atoms with Crippen LogP contribution in [0.2, 0.25) is 8.67 Å². The Hall–Kier alpha value is 0.200. The van der Waals surface area contributed by atoms with Crippen LogP contribution in [0.15, 0.2) is 6.07 Å². The normalized spacial score (nSPS) is 16.1. The molecule has 0 radical (unpaired) electrons. The maximum absolute atomic E-state index is 8.96. The largest absolute Gasteiger partial charge is 0.394 e. The molecule has 1 atom stereocenters. The molecular weight excluding hydrogens is 217 g/mol. The van der Waals surface area contributed by atoms with E-state index in [1.165, 1.54) is 11.3 Å². The van der Waals surface area contributed by atoms with Crippen molar-refractivity contribution in [3.05, 3.63) is 20.3 Å². The van der Waals surface area contributed by atoms with E-state index in [1.54, 1.807) is 13.0 Å². The average Bonchev–Trinajstić information content (AvgIpc) is 2.31. The van der Waals surface area contributed by atoms with Crippen LogP contribution < -0.4 is 5.73 Å². The van der Waals surface area contributed by atoms with E-state index in [0.717, 1.165) is 0 Å². The Morgan fingerprint density at radius 3 is 2.58 bits per heavy atom. The summed E-state index contributed by atoms with van der Waals surface area (Å²) in [5, 5.41) is 8.96. The summed E-state index contributed by atoms with van der Waals surface area (Å²) >= 11 is 12.8. The summed E-state index contributed by atoms with van der Waals surface area (Å²) in [6.07, 6.45) is 0. The second-order valence-corrected chi connectivity index (χ2v) is 5.10. The van der Waals surface area contributed by atoms with E-state index in [4.69, 9.17) is 34.0 Å². The molecule has 12 heavy (non-hydrogen) atoms. The van der Waals surface area contributed by atoms with Gasteiger partial charge < -0.3 is 10.8 Å². The smallest absolute Gasteiger partial charge is 0.0995 e. The minimum Gasteiger partial charge on any atom is -0.394 e. The topological polar surface area (TPSA) is 46.2 Å². The van der Waals surface area contributed by atoms with Crippen LogP contribution in [0, 0.1) is 0 Å². The van der Waals surface area contributed by atoms with E-state index in [9.17, 15) is 0 Å². The molecule has 0 bridgehead atoms. The van der Waals surface area contributed by atoms with Crippen LogP contribution in [-0.2, 0) is 5.54 Å². The molecule has 1 rings (SSSR count). The van der Waals surface area contributed by atoms with Gasteiger partial charge in [0, 0.05) is 5.56 Å². The SMILES string of the molecule is CC(N)(CO)c1cc(Cl)sc1Cl. The highest BCUT2D eigenvalue weighted by molar-refractivity contribution is 7.20. The number of hydrogen-bond donors (Lipinski definition) is 2. The first-order valence-electron chi connectivity index (χ1n) is 3.32. The number of thiophene rings is 1.